The number of aryl methyl sites for hydroxylation is 1. The van der Waals surface area contributed by atoms with Gasteiger partial charge >= 0.3 is 0 Å². The summed E-state index contributed by atoms with van der Waals surface area (Å²) < 4.78 is 5.46. The Balaban J connectivity index is 1.34. The van der Waals surface area contributed by atoms with E-state index in [1.165, 1.54) is 25.7 Å². The summed E-state index contributed by atoms with van der Waals surface area (Å²) in [6, 6.07) is 13.0. The largest absolute Gasteiger partial charge is 0.381 e. The van der Waals surface area contributed by atoms with Gasteiger partial charge in [0.2, 0.25) is 0 Å². The number of anilines is 1. The van der Waals surface area contributed by atoms with Gasteiger partial charge in [0.25, 0.3) is 0 Å². The van der Waals surface area contributed by atoms with Crippen molar-refractivity contribution < 1.29 is 4.74 Å². The third kappa shape index (κ3) is 4.85. The molecule has 0 amide bonds. The molecular weight excluding hydrogens is 336 g/mol. The summed E-state index contributed by atoms with van der Waals surface area (Å²) in [4.78, 5) is 11.9. The van der Waals surface area contributed by atoms with Crippen LogP contribution in [-0.4, -0.2) is 48.9 Å². The van der Waals surface area contributed by atoms with Gasteiger partial charge in [-0.25, -0.2) is 9.97 Å². The summed E-state index contributed by atoms with van der Waals surface area (Å²) >= 11 is 0. The molecule has 5 nitrogen and oxygen atoms in total. The van der Waals surface area contributed by atoms with Gasteiger partial charge in [-0.1, -0.05) is 30.3 Å². The molecule has 0 radical (unpaired) electrons. The monoisotopic (exact) mass is 366 g/mol. The van der Waals surface area contributed by atoms with Crippen molar-refractivity contribution in [1.82, 2.24) is 15.3 Å². The van der Waals surface area contributed by atoms with Crippen molar-refractivity contribution in [3.05, 3.63) is 42.1 Å². The minimum Gasteiger partial charge on any atom is -0.381 e. The van der Waals surface area contributed by atoms with Gasteiger partial charge in [0.15, 0.2) is 5.82 Å². The lowest BCUT2D eigenvalue weighted by atomic mass is 9.98. The predicted molar refractivity (Wildman–Crippen MR) is 109 cm³/mol. The van der Waals surface area contributed by atoms with Crippen LogP contribution in [0, 0.1) is 12.8 Å². The zero-order valence-electron chi connectivity index (χ0n) is 16.2. The molecule has 5 heteroatoms. The minimum absolute atomic E-state index is 0.626. The highest BCUT2D eigenvalue weighted by atomic mass is 16.5. The van der Waals surface area contributed by atoms with Crippen LogP contribution in [0.25, 0.3) is 11.4 Å². The van der Waals surface area contributed by atoms with E-state index in [1.807, 2.05) is 18.2 Å². The van der Waals surface area contributed by atoms with Gasteiger partial charge in [0.05, 0.1) is 0 Å². The standard InChI is InChI=1S/C22H30N4O/c1-17-15-21(25-22(24-17)19-5-3-2-4-6-19)26-11-7-20(8-12-26)23-16-18-9-13-27-14-10-18/h2-6,15,18,20,23H,7-14,16H2,1H3. The Bertz CT molecular complexity index is 722. The van der Waals surface area contributed by atoms with Crippen LogP contribution < -0.4 is 10.2 Å². The molecule has 0 aliphatic carbocycles. The molecule has 1 N–H and O–H groups in total. The van der Waals surface area contributed by atoms with Gasteiger partial charge in [-0.3, -0.25) is 0 Å². The maximum Gasteiger partial charge on any atom is 0.161 e. The summed E-state index contributed by atoms with van der Waals surface area (Å²) in [5.41, 5.74) is 2.11. The molecule has 3 heterocycles. The van der Waals surface area contributed by atoms with Gasteiger partial charge in [0, 0.05) is 49.7 Å². The lowest BCUT2D eigenvalue weighted by Gasteiger charge is -2.34. The Morgan fingerprint density at radius 2 is 1.78 bits per heavy atom. The summed E-state index contributed by atoms with van der Waals surface area (Å²) in [5, 5.41) is 3.80. The fourth-order valence-corrected chi connectivity index (χ4v) is 4.03. The Labute approximate surface area is 162 Å². The number of piperidine rings is 1. The first-order valence-electron chi connectivity index (χ1n) is 10.2. The maximum atomic E-state index is 5.46. The molecule has 0 atom stereocenters. The van der Waals surface area contributed by atoms with Gasteiger partial charge in [-0.15, -0.1) is 0 Å². The Hall–Kier alpha value is -1.98. The molecule has 0 bridgehead atoms. The number of nitrogens with one attached hydrogen (secondary N) is 1. The summed E-state index contributed by atoms with van der Waals surface area (Å²) in [6.45, 7) is 7.16. The van der Waals surface area contributed by atoms with Crippen LogP contribution in [0.1, 0.15) is 31.4 Å². The Kier molecular flexibility index (Phi) is 6.00. The van der Waals surface area contributed by atoms with E-state index in [-0.39, 0.29) is 0 Å². The number of benzene rings is 1. The molecule has 0 spiro atoms. The first-order chi connectivity index (χ1) is 13.3. The number of nitrogens with zero attached hydrogens (tertiary/aromatic N) is 3. The number of hydrogen-bond acceptors (Lipinski definition) is 5. The van der Waals surface area contributed by atoms with Crippen LogP contribution in [0.15, 0.2) is 36.4 Å². The molecular formula is C22H30N4O. The smallest absolute Gasteiger partial charge is 0.161 e. The zero-order valence-corrected chi connectivity index (χ0v) is 16.2. The SMILES string of the molecule is Cc1cc(N2CCC(NCC3CCOCC3)CC2)nc(-c2ccccc2)n1. The molecule has 1 aromatic heterocycles. The minimum atomic E-state index is 0.626. The lowest BCUT2D eigenvalue weighted by molar-refractivity contribution is 0.0651. The van der Waals surface area contributed by atoms with Gasteiger partial charge in [-0.05, 0) is 45.1 Å². The summed E-state index contributed by atoms with van der Waals surface area (Å²) in [5.74, 6) is 2.67. The zero-order chi connectivity index (χ0) is 18.5. The van der Waals surface area contributed by atoms with Crippen molar-refractivity contribution >= 4 is 5.82 Å². The van der Waals surface area contributed by atoms with Crippen LogP contribution in [0.3, 0.4) is 0 Å². The molecule has 27 heavy (non-hydrogen) atoms. The average molecular weight is 367 g/mol. The van der Waals surface area contributed by atoms with Crippen LogP contribution in [0.5, 0.6) is 0 Å². The molecule has 4 rings (SSSR count). The Morgan fingerprint density at radius 1 is 1.04 bits per heavy atom. The molecule has 144 valence electrons. The number of hydrogen-bond donors (Lipinski definition) is 1. The quantitative estimate of drug-likeness (QED) is 0.878. The highest BCUT2D eigenvalue weighted by Crippen LogP contribution is 2.23. The fourth-order valence-electron chi connectivity index (χ4n) is 4.03. The third-order valence-electron chi connectivity index (χ3n) is 5.73. The van der Waals surface area contributed by atoms with Crippen molar-refractivity contribution in [3.63, 3.8) is 0 Å². The lowest BCUT2D eigenvalue weighted by Crippen LogP contribution is -2.44. The number of rotatable bonds is 5. The maximum absolute atomic E-state index is 5.46. The fraction of sp³-hybridized carbons (Fsp3) is 0.545. The second kappa shape index (κ2) is 8.81. The molecule has 1 aromatic carbocycles. The molecule has 0 unspecified atom stereocenters. The van der Waals surface area contributed by atoms with Crippen molar-refractivity contribution in [2.75, 3.05) is 37.7 Å². The summed E-state index contributed by atoms with van der Waals surface area (Å²) in [6.07, 6.45) is 4.75. The van der Waals surface area contributed by atoms with E-state index < -0.39 is 0 Å². The van der Waals surface area contributed by atoms with Crippen molar-refractivity contribution in [2.24, 2.45) is 5.92 Å². The van der Waals surface area contributed by atoms with E-state index in [1.54, 1.807) is 0 Å². The van der Waals surface area contributed by atoms with Crippen LogP contribution in [-0.2, 0) is 4.74 Å². The van der Waals surface area contributed by atoms with Crippen molar-refractivity contribution in [3.8, 4) is 11.4 Å². The van der Waals surface area contributed by atoms with Crippen LogP contribution in [0.4, 0.5) is 5.82 Å². The van der Waals surface area contributed by atoms with E-state index in [0.29, 0.717) is 6.04 Å². The molecule has 2 saturated heterocycles. The van der Waals surface area contributed by atoms with E-state index in [9.17, 15) is 0 Å². The topological polar surface area (TPSA) is 50.3 Å². The molecule has 2 aromatic rings. The molecule has 0 saturated carbocycles. The van der Waals surface area contributed by atoms with Crippen molar-refractivity contribution in [1.29, 1.82) is 0 Å². The van der Waals surface area contributed by atoms with Crippen LogP contribution >= 0.6 is 0 Å². The highest BCUT2D eigenvalue weighted by molar-refractivity contribution is 5.57. The number of aromatic nitrogens is 2. The van der Waals surface area contributed by atoms with Crippen molar-refractivity contribution in [2.45, 2.75) is 38.6 Å². The predicted octanol–water partition coefficient (Wildman–Crippen LogP) is 3.44. The van der Waals surface area contributed by atoms with E-state index in [4.69, 9.17) is 9.72 Å². The third-order valence-corrected chi connectivity index (χ3v) is 5.73. The van der Waals surface area contributed by atoms with Crippen LogP contribution in [0.2, 0.25) is 0 Å². The molecule has 2 aliphatic rings. The second-order valence-corrected chi connectivity index (χ2v) is 7.78. The first-order valence-corrected chi connectivity index (χ1v) is 10.2. The average Bonchev–Trinajstić information content (AvgIpc) is 2.73. The van der Waals surface area contributed by atoms with E-state index in [2.05, 4.69) is 40.3 Å². The highest BCUT2D eigenvalue weighted by Gasteiger charge is 2.22. The molecule has 2 aliphatic heterocycles. The molecule has 2 fully saturated rings. The van der Waals surface area contributed by atoms with E-state index >= 15 is 0 Å². The van der Waals surface area contributed by atoms with Gasteiger partial charge in [-0.2, -0.15) is 0 Å². The van der Waals surface area contributed by atoms with Gasteiger partial charge in [0.1, 0.15) is 5.82 Å². The normalized spacial score (nSPS) is 19.4. The number of ether oxygens (including phenoxy) is 1. The summed E-state index contributed by atoms with van der Waals surface area (Å²) in [7, 11) is 0. The van der Waals surface area contributed by atoms with Gasteiger partial charge < -0.3 is 15.0 Å². The second-order valence-electron chi connectivity index (χ2n) is 7.78. The Morgan fingerprint density at radius 3 is 2.52 bits per heavy atom. The first kappa shape index (κ1) is 18.4. The van der Waals surface area contributed by atoms with E-state index in [0.717, 1.165) is 61.7 Å².